The summed E-state index contributed by atoms with van der Waals surface area (Å²) in [5, 5.41) is 13.5. The maximum atomic E-state index is 13.2. The molecule has 0 heterocycles. The fraction of sp³-hybridized carbons (Fsp3) is 0.136. The number of hydrogen-bond acceptors (Lipinski definition) is 5. The number of non-ortho nitro benzene ring substituents is 1. The number of nitro groups is 1. The van der Waals surface area contributed by atoms with Crippen LogP contribution >= 0.6 is 0 Å². The predicted molar refractivity (Wildman–Crippen MR) is 117 cm³/mol. The van der Waals surface area contributed by atoms with Crippen molar-refractivity contribution in [2.45, 2.75) is 18.4 Å². The van der Waals surface area contributed by atoms with Crippen molar-refractivity contribution >= 4 is 27.3 Å². The van der Waals surface area contributed by atoms with E-state index in [1.807, 2.05) is 13.0 Å². The second kappa shape index (κ2) is 9.50. The molecule has 31 heavy (non-hydrogen) atoms. The molecular formula is C22H21N3O5S. The van der Waals surface area contributed by atoms with Crippen molar-refractivity contribution < 1.29 is 18.1 Å². The number of aryl methyl sites for hydroxylation is 1. The van der Waals surface area contributed by atoms with Gasteiger partial charge in [-0.15, -0.1) is 0 Å². The molecule has 0 fully saturated rings. The van der Waals surface area contributed by atoms with Crippen LogP contribution in [-0.4, -0.2) is 30.1 Å². The number of nitro benzene ring substituents is 1. The van der Waals surface area contributed by atoms with Gasteiger partial charge in [0.15, 0.2) is 0 Å². The van der Waals surface area contributed by atoms with Crippen molar-refractivity contribution in [3.63, 3.8) is 0 Å². The van der Waals surface area contributed by atoms with E-state index in [9.17, 15) is 23.3 Å². The molecule has 9 heteroatoms. The molecule has 3 aromatic carbocycles. The summed E-state index contributed by atoms with van der Waals surface area (Å²) in [5.74, 6) is -0.605. The third-order valence-electron chi connectivity index (χ3n) is 4.52. The Labute approximate surface area is 180 Å². The van der Waals surface area contributed by atoms with Crippen LogP contribution in [0.15, 0.2) is 83.8 Å². The van der Waals surface area contributed by atoms with Crippen LogP contribution < -0.4 is 5.32 Å². The molecular weight excluding hydrogens is 418 g/mol. The lowest BCUT2D eigenvalue weighted by atomic mass is 10.2. The van der Waals surface area contributed by atoms with Gasteiger partial charge in [-0.05, 0) is 30.7 Å². The van der Waals surface area contributed by atoms with E-state index in [1.165, 1.54) is 36.4 Å². The highest BCUT2D eigenvalue weighted by Gasteiger charge is 2.27. The summed E-state index contributed by atoms with van der Waals surface area (Å²) >= 11 is 0. The first kappa shape index (κ1) is 22.1. The molecule has 1 N–H and O–H groups in total. The molecule has 0 saturated carbocycles. The molecule has 0 radical (unpaired) electrons. The third-order valence-corrected chi connectivity index (χ3v) is 6.33. The highest BCUT2D eigenvalue weighted by atomic mass is 32.2. The van der Waals surface area contributed by atoms with E-state index in [1.54, 1.807) is 36.4 Å². The van der Waals surface area contributed by atoms with Crippen LogP contribution in [0.25, 0.3) is 0 Å². The van der Waals surface area contributed by atoms with Crippen molar-refractivity contribution in [2.24, 2.45) is 0 Å². The van der Waals surface area contributed by atoms with Gasteiger partial charge in [0, 0.05) is 24.4 Å². The molecule has 3 aromatic rings. The van der Waals surface area contributed by atoms with E-state index in [4.69, 9.17) is 0 Å². The van der Waals surface area contributed by atoms with Gasteiger partial charge in [0.2, 0.25) is 15.9 Å². The van der Waals surface area contributed by atoms with E-state index in [2.05, 4.69) is 5.32 Å². The number of carbonyl (C=O) groups is 1. The minimum absolute atomic E-state index is 0.000588. The van der Waals surface area contributed by atoms with Gasteiger partial charge in [0.25, 0.3) is 5.69 Å². The second-order valence-corrected chi connectivity index (χ2v) is 8.87. The van der Waals surface area contributed by atoms with E-state index in [-0.39, 0.29) is 22.8 Å². The van der Waals surface area contributed by atoms with Gasteiger partial charge in [-0.3, -0.25) is 14.9 Å². The summed E-state index contributed by atoms with van der Waals surface area (Å²) < 4.78 is 27.6. The Morgan fingerprint density at radius 3 is 2.32 bits per heavy atom. The molecule has 0 unspecified atom stereocenters. The standard InChI is InChI=1S/C22H21N3O5S/c1-17-10-12-21(13-11-17)31(29,30)24(15-18-6-3-2-4-7-18)16-22(26)23-19-8-5-9-20(14-19)25(27)28/h2-14H,15-16H2,1H3,(H,23,26). The zero-order valence-corrected chi connectivity index (χ0v) is 17.6. The quantitative estimate of drug-likeness (QED) is 0.425. The van der Waals surface area contributed by atoms with Gasteiger partial charge in [0.1, 0.15) is 0 Å². The molecule has 0 aliphatic carbocycles. The monoisotopic (exact) mass is 439 g/mol. The van der Waals surface area contributed by atoms with Crippen LogP contribution in [-0.2, 0) is 21.4 Å². The first-order valence-electron chi connectivity index (χ1n) is 9.41. The molecule has 1 amide bonds. The molecule has 0 aliphatic heterocycles. The molecule has 0 saturated heterocycles. The van der Waals surface area contributed by atoms with Gasteiger partial charge in [0.05, 0.1) is 16.4 Å². The molecule has 0 atom stereocenters. The van der Waals surface area contributed by atoms with Crippen LogP contribution in [0.5, 0.6) is 0 Å². The molecule has 160 valence electrons. The SMILES string of the molecule is Cc1ccc(S(=O)(=O)N(CC(=O)Nc2cccc([N+](=O)[O-])c2)Cc2ccccc2)cc1. The van der Waals surface area contributed by atoms with Crippen LogP contribution in [0.3, 0.4) is 0 Å². The number of rotatable bonds is 8. The normalized spacial score (nSPS) is 11.3. The lowest BCUT2D eigenvalue weighted by molar-refractivity contribution is -0.384. The summed E-state index contributed by atoms with van der Waals surface area (Å²) in [5.41, 5.74) is 1.68. The van der Waals surface area contributed by atoms with Crippen molar-refractivity contribution in [3.05, 3.63) is 100 Å². The maximum Gasteiger partial charge on any atom is 0.271 e. The Morgan fingerprint density at radius 2 is 1.68 bits per heavy atom. The van der Waals surface area contributed by atoms with Crippen molar-refractivity contribution in [2.75, 3.05) is 11.9 Å². The lowest BCUT2D eigenvalue weighted by Gasteiger charge is -2.22. The molecule has 3 rings (SSSR count). The van der Waals surface area contributed by atoms with Crippen molar-refractivity contribution in [1.29, 1.82) is 0 Å². The smallest absolute Gasteiger partial charge is 0.271 e. The fourth-order valence-corrected chi connectivity index (χ4v) is 4.31. The Hall–Kier alpha value is -3.56. The van der Waals surface area contributed by atoms with Crippen molar-refractivity contribution in [3.8, 4) is 0 Å². The zero-order valence-electron chi connectivity index (χ0n) is 16.8. The first-order chi connectivity index (χ1) is 14.8. The van der Waals surface area contributed by atoms with Gasteiger partial charge in [-0.2, -0.15) is 4.31 Å². The number of nitrogens with one attached hydrogen (secondary N) is 1. The van der Waals surface area contributed by atoms with Crippen LogP contribution in [0.1, 0.15) is 11.1 Å². The van der Waals surface area contributed by atoms with Crippen molar-refractivity contribution in [1.82, 2.24) is 4.31 Å². The Morgan fingerprint density at radius 1 is 1.00 bits per heavy atom. The largest absolute Gasteiger partial charge is 0.325 e. The number of benzene rings is 3. The van der Waals surface area contributed by atoms with Gasteiger partial charge >= 0.3 is 0 Å². The summed E-state index contributed by atoms with van der Waals surface area (Å²) in [6.45, 7) is 1.40. The molecule has 0 bridgehead atoms. The lowest BCUT2D eigenvalue weighted by Crippen LogP contribution is -2.37. The fourth-order valence-electron chi connectivity index (χ4n) is 2.93. The summed E-state index contributed by atoms with van der Waals surface area (Å²) in [6.07, 6.45) is 0. The molecule has 0 aromatic heterocycles. The number of anilines is 1. The Bertz CT molecular complexity index is 1180. The average Bonchev–Trinajstić information content (AvgIpc) is 2.74. The van der Waals surface area contributed by atoms with Gasteiger partial charge in [-0.25, -0.2) is 8.42 Å². The summed E-state index contributed by atoms with van der Waals surface area (Å²) in [6, 6.07) is 20.8. The van der Waals surface area contributed by atoms with E-state index >= 15 is 0 Å². The Balaban J connectivity index is 1.85. The maximum absolute atomic E-state index is 13.2. The van der Waals surface area contributed by atoms with Crippen LogP contribution in [0.2, 0.25) is 0 Å². The number of hydrogen-bond donors (Lipinski definition) is 1. The minimum Gasteiger partial charge on any atom is -0.325 e. The molecule has 8 nitrogen and oxygen atoms in total. The zero-order chi connectivity index (χ0) is 22.4. The van der Waals surface area contributed by atoms with Crippen LogP contribution in [0.4, 0.5) is 11.4 Å². The highest BCUT2D eigenvalue weighted by Crippen LogP contribution is 2.20. The Kier molecular flexibility index (Phi) is 6.78. The summed E-state index contributed by atoms with van der Waals surface area (Å²) in [4.78, 5) is 23.1. The highest BCUT2D eigenvalue weighted by molar-refractivity contribution is 7.89. The first-order valence-corrected chi connectivity index (χ1v) is 10.8. The third kappa shape index (κ3) is 5.74. The number of sulfonamides is 1. The van der Waals surface area contributed by atoms with E-state index < -0.39 is 27.4 Å². The average molecular weight is 439 g/mol. The predicted octanol–water partition coefficient (Wildman–Crippen LogP) is 3.73. The number of nitrogens with zero attached hydrogens (tertiary/aromatic N) is 2. The van der Waals surface area contributed by atoms with E-state index in [0.29, 0.717) is 0 Å². The van der Waals surface area contributed by atoms with E-state index in [0.717, 1.165) is 15.4 Å². The van der Waals surface area contributed by atoms with Gasteiger partial charge in [-0.1, -0.05) is 54.1 Å². The second-order valence-electron chi connectivity index (χ2n) is 6.93. The summed E-state index contributed by atoms with van der Waals surface area (Å²) in [7, 11) is -3.96. The molecule has 0 spiro atoms. The van der Waals surface area contributed by atoms with Crippen LogP contribution in [0, 0.1) is 17.0 Å². The minimum atomic E-state index is -3.96. The van der Waals surface area contributed by atoms with Gasteiger partial charge < -0.3 is 5.32 Å². The number of carbonyl (C=O) groups excluding carboxylic acids is 1. The number of amides is 1. The topological polar surface area (TPSA) is 110 Å². The molecule has 0 aliphatic rings.